The van der Waals surface area contributed by atoms with Gasteiger partial charge in [-0.25, -0.2) is 4.68 Å². The number of nitrogens with zero attached hydrogens (tertiary/aromatic N) is 2. The zero-order valence-corrected chi connectivity index (χ0v) is 8.99. The van der Waals surface area contributed by atoms with Crippen LogP contribution in [0.1, 0.15) is 38.1 Å². The number of hydrogen-bond acceptors (Lipinski definition) is 2. The molecule has 1 aromatic rings. The number of nitrogens with two attached hydrogens (primary N) is 1. The molecule has 3 heteroatoms. The first-order chi connectivity index (χ1) is 6.57. The monoisotopic (exact) mass is 191 g/mol. The van der Waals surface area contributed by atoms with Gasteiger partial charge in [0.1, 0.15) is 0 Å². The first-order valence-corrected chi connectivity index (χ1v) is 4.73. The van der Waals surface area contributed by atoms with Crippen LogP contribution in [0.2, 0.25) is 0 Å². The highest BCUT2D eigenvalue weighted by molar-refractivity contribution is 5.60. The van der Waals surface area contributed by atoms with E-state index in [1.54, 1.807) is 6.21 Å². The maximum Gasteiger partial charge on any atom is 0.0872 e. The zero-order valence-electron chi connectivity index (χ0n) is 8.99. The van der Waals surface area contributed by atoms with E-state index in [1.807, 2.05) is 23.7 Å². The highest BCUT2D eigenvalue weighted by atomic mass is 15.4. The van der Waals surface area contributed by atoms with Gasteiger partial charge >= 0.3 is 0 Å². The minimum atomic E-state index is 0.423. The van der Waals surface area contributed by atoms with Crippen LogP contribution in [0.25, 0.3) is 5.70 Å². The second-order valence-corrected chi connectivity index (χ2v) is 3.51. The van der Waals surface area contributed by atoms with E-state index in [2.05, 4.69) is 25.5 Å². The normalized spacial score (nSPS) is 11.4. The highest BCUT2D eigenvalue weighted by Crippen LogP contribution is 2.20. The van der Waals surface area contributed by atoms with Gasteiger partial charge in [0.15, 0.2) is 0 Å². The lowest BCUT2D eigenvalue weighted by Crippen LogP contribution is -2.05. The van der Waals surface area contributed by atoms with E-state index in [4.69, 9.17) is 5.73 Å². The molecule has 0 spiro atoms. The van der Waals surface area contributed by atoms with Gasteiger partial charge in [0.2, 0.25) is 0 Å². The van der Waals surface area contributed by atoms with Crippen LogP contribution in [0.3, 0.4) is 0 Å². The fourth-order valence-corrected chi connectivity index (χ4v) is 1.37. The quantitative estimate of drug-likeness (QED) is 0.732. The molecule has 0 aromatic carbocycles. The number of hydrogen-bond donors (Lipinski definition) is 1. The van der Waals surface area contributed by atoms with Gasteiger partial charge in [0, 0.05) is 11.9 Å². The summed E-state index contributed by atoms with van der Waals surface area (Å²) in [6.45, 7) is 9.86. The van der Waals surface area contributed by atoms with Crippen molar-refractivity contribution in [2.24, 2.45) is 10.8 Å². The molecule has 0 aliphatic heterocycles. The second kappa shape index (κ2) is 4.13. The van der Waals surface area contributed by atoms with Gasteiger partial charge in [-0.3, -0.25) is 0 Å². The van der Waals surface area contributed by atoms with E-state index >= 15 is 0 Å². The average molecular weight is 191 g/mol. The van der Waals surface area contributed by atoms with Crippen LogP contribution in [0.4, 0.5) is 0 Å². The van der Waals surface area contributed by atoms with Crippen molar-refractivity contribution in [2.75, 3.05) is 0 Å². The molecule has 2 N–H and O–H groups in total. The van der Waals surface area contributed by atoms with E-state index in [-0.39, 0.29) is 0 Å². The van der Waals surface area contributed by atoms with Crippen molar-refractivity contribution in [1.82, 2.24) is 4.68 Å². The fourth-order valence-electron chi connectivity index (χ4n) is 1.37. The Hall–Kier alpha value is -1.51. The lowest BCUT2D eigenvalue weighted by molar-refractivity contribution is 0.722. The summed E-state index contributed by atoms with van der Waals surface area (Å²) in [4.78, 5) is 0. The molecule has 0 aliphatic carbocycles. The predicted molar refractivity (Wildman–Crippen MR) is 61.3 cm³/mol. The Balaban J connectivity index is 3.27. The van der Waals surface area contributed by atoms with E-state index in [0.717, 1.165) is 11.4 Å². The van der Waals surface area contributed by atoms with Crippen molar-refractivity contribution in [3.05, 3.63) is 30.1 Å². The average Bonchev–Trinajstić information content (AvgIpc) is 2.48. The maximum atomic E-state index is 5.67. The fraction of sp³-hybridized carbons (Fsp3) is 0.364. The Morgan fingerprint density at radius 3 is 2.64 bits per heavy atom. The van der Waals surface area contributed by atoms with E-state index < -0.39 is 0 Å². The van der Waals surface area contributed by atoms with Crippen molar-refractivity contribution in [3.8, 4) is 0 Å². The summed E-state index contributed by atoms with van der Waals surface area (Å²) in [6, 6.07) is 3.98. The largest absolute Gasteiger partial charge is 0.397 e. The molecule has 0 amide bonds. The maximum absolute atomic E-state index is 5.67. The summed E-state index contributed by atoms with van der Waals surface area (Å²) in [5, 5.41) is 4.26. The Labute approximate surface area is 84.9 Å². The van der Waals surface area contributed by atoms with Gasteiger partial charge in [-0.2, -0.15) is 5.10 Å². The molecule has 0 fully saturated rings. The Morgan fingerprint density at radius 2 is 2.21 bits per heavy atom. The Kier molecular flexibility index (Phi) is 3.12. The molecule has 1 rings (SSSR count). The van der Waals surface area contributed by atoms with Crippen LogP contribution in [0.5, 0.6) is 0 Å². The van der Waals surface area contributed by atoms with Crippen LogP contribution in [0, 0.1) is 0 Å². The number of aromatic nitrogens is 1. The molecule has 0 saturated heterocycles. The summed E-state index contributed by atoms with van der Waals surface area (Å²) in [5.41, 5.74) is 8.22. The molecule has 1 heterocycles. The third-order valence-corrected chi connectivity index (χ3v) is 2.04. The molecular weight excluding hydrogens is 174 g/mol. The predicted octanol–water partition coefficient (Wildman–Crippen LogP) is 2.39. The van der Waals surface area contributed by atoms with Gasteiger partial charge in [0.05, 0.1) is 11.4 Å². The van der Waals surface area contributed by atoms with Crippen LogP contribution in [-0.4, -0.2) is 10.9 Å². The van der Waals surface area contributed by atoms with E-state index in [0.29, 0.717) is 11.6 Å². The lowest BCUT2D eigenvalue weighted by Gasteiger charge is -2.09. The molecule has 3 nitrogen and oxygen atoms in total. The molecule has 14 heavy (non-hydrogen) atoms. The molecule has 0 atom stereocenters. The highest BCUT2D eigenvalue weighted by Gasteiger charge is 2.10. The molecular formula is C11H17N3. The van der Waals surface area contributed by atoms with Crippen molar-refractivity contribution < 1.29 is 0 Å². The minimum Gasteiger partial charge on any atom is -0.397 e. The summed E-state index contributed by atoms with van der Waals surface area (Å²) in [6.07, 6.45) is 1.75. The second-order valence-electron chi connectivity index (χ2n) is 3.51. The minimum absolute atomic E-state index is 0.423. The lowest BCUT2D eigenvalue weighted by atomic mass is 10.1. The van der Waals surface area contributed by atoms with E-state index in [9.17, 15) is 0 Å². The molecule has 1 aromatic heterocycles. The van der Waals surface area contributed by atoms with Crippen LogP contribution < -0.4 is 5.73 Å². The SMILES string of the molecule is C=C(N)c1ccc(C(C)C)n1/N=C\C. The summed E-state index contributed by atoms with van der Waals surface area (Å²) in [5.74, 6) is 0.423. The smallest absolute Gasteiger partial charge is 0.0872 e. The molecule has 0 radical (unpaired) electrons. The van der Waals surface area contributed by atoms with Gasteiger partial charge in [-0.05, 0) is 25.0 Å². The summed E-state index contributed by atoms with van der Waals surface area (Å²) >= 11 is 0. The number of rotatable bonds is 3. The summed E-state index contributed by atoms with van der Waals surface area (Å²) in [7, 11) is 0. The van der Waals surface area contributed by atoms with Gasteiger partial charge in [0.25, 0.3) is 0 Å². The summed E-state index contributed by atoms with van der Waals surface area (Å²) < 4.78 is 1.84. The molecule has 0 bridgehead atoms. The Bertz CT molecular complexity index is 359. The molecule has 0 saturated carbocycles. The van der Waals surface area contributed by atoms with Gasteiger partial charge in [-0.15, -0.1) is 0 Å². The van der Waals surface area contributed by atoms with Gasteiger partial charge in [-0.1, -0.05) is 20.4 Å². The van der Waals surface area contributed by atoms with Crippen molar-refractivity contribution >= 4 is 11.9 Å². The zero-order chi connectivity index (χ0) is 10.7. The van der Waals surface area contributed by atoms with E-state index in [1.165, 1.54) is 0 Å². The van der Waals surface area contributed by atoms with Crippen molar-refractivity contribution in [2.45, 2.75) is 26.7 Å². The molecule has 0 unspecified atom stereocenters. The Morgan fingerprint density at radius 1 is 1.57 bits per heavy atom. The van der Waals surface area contributed by atoms with Crippen LogP contribution in [0.15, 0.2) is 23.8 Å². The van der Waals surface area contributed by atoms with Gasteiger partial charge < -0.3 is 5.73 Å². The van der Waals surface area contributed by atoms with Crippen molar-refractivity contribution in [1.29, 1.82) is 0 Å². The third kappa shape index (κ3) is 1.87. The molecule has 0 aliphatic rings. The van der Waals surface area contributed by atoms with Crippen LogP contribution in [-0.2, 0) is 0 Å². The first kappa shape index (κ1) is 10.6. The molecule has 76 valence electrons. The standard InChI is InChI=1S/C11H17N3/c1-5-13-14-10(8(2)3)6-7-11(14)9(4)12/h5-8H,4,12H2,1-3H3/b13-5-. The van der Waals surface area contributed by atoms with Crippen LogP contribution >= 0.6 is 0 Å². The first-order valence-electron chi connectivity index (χ1n) is 4.73. The third-order valence-electron chi connectivity index (χ3n) is 2.04. The van der Waals surface area contributed by atoms with Crippen molar-refractivity contribution in [3.63, 3.8) is 0 Å². The topological polar surface area (TPSA) is 43.3 Å².